The molecule has 1 N–H and O–H groups in total. The molecule has 0 saturated carbocycles. The predicted octanol–water partition coefficient (Wildman–Crippen LogP) is 0.644. The van der Waals surface area contributed by atoms with E-state index in [-0.39, 0.29) is 0 Å². The fraction of sp³-hybridized carbons (Fsp3) is 0.667. The first-order chi connectivity index (χ1) is 7.25. The van der Waals surface area contributed by atoms with Crippen LogP contribution in [0.5, 0.6) is 0 Å². The summed E-state index contributed by atoms with van der Waals surface area (Å²) in [5, 5.41) is 12.1. The summed E-state index contributed by atoms with van der Waals surface area (Å²) in [7, 11) is 1.94. The van der Waals surface area contributed by atoms with Gasteiger partial charge >= 0.3 is 0 Å². The monoisotopic (exact) mass is 225 g/mol. The topological polar surface area (TPSA) is 55.1 Å². The number of hydrogen-bond acceptors (Lipinski definition) is 5. The molecule has 0 bridgehead atoms. The van der Waals surface area contributed by atoms with Gasteiger partial charge in [-0.3, -0.25) is 4.99 Å². The molecule has 15 heavy (non-hydrogen) atoms. The lowest BCUT2D eigenvalue weighted by Gasteiger charge is -2.17. The molecule has 2 rings (SSSR count). The molecule has 1 aromatic rings. The van der Waals surface area contributed by atoms with E-state index in [1.165, 1.54) is 0 Å². The standard InChI is InChI=1S/C9H15N5S/c1-7-3-10-9(15-5-7)11-4-8-13-12-6-14(8)2/h6-7H,3-5H2,1-2H3,(H,10,11). The summed E-state index contributed by atoms with van der Waals surface area (Å²) < 4.78 is 1.91. The number of amidine groups is 1. The average Bonchev–Trinajstić information content (AvgIpc) is 2.63. The summed E-state index contributed by atoms with van der Waals surface area (Å²) in [5.74, 6) is 2.76. The summed E-state index contributed by atoms with van der Waals surface area (Å²) in [6.45, 7) is 3.83. The van der Waals surface area contributed by atoms with Gasteiger partial charge in [0.2, 0.25) is 0 Å². The second-order valence-electron chi connectivity index (χ2n) is 3.77. The van der Waals surface area contributed by atoms with Crippen molar-refractivity contribution in [2.75, 3.05) is 12.3 Å². The molecule has 0 spiro atoms. The van der Waals surface area contributed by atoms with Crippen LogP contribution in [0.4, 0.5) is 0 Å². The van der Waals surface area contributed by atoms with Crippen molar-refractivity contribution in [2.24, 2.45) is 18.0 Å². The van der Waals surface area contributed by atoms with Crippen LogP contribution in [0.25, 0.3) is 0 Å². The number of nitrogens with one attached hydrogen (secondary N) is 1. The maximum absolute atomic E-state index is 4.45. The number of rotatable bonds is 2. The first-order valence-corrected chi connectivity index (χ1v) is 5.98. The normalized spacial score (nSPS) is 21.2. The van der Waals surface area contributed by atoms with Crippen LogP contribution >= 0.6 is 11.8 Å². The Bertz CT molecular complexity index is 359. The van der Waals surface area contributed by atoms with Gasteiger partial charge in [-0.1, -0.05) is 18.7 Å². The molecule has 1 aliphatic heterocycles. The number of aliphatic imine (C=N–C) groups is 1. The Balaban J connectivity index is 1.86. The summed E-state index contributed by atoms with van der Waals surface area (Å²) in [4.78, 5) is 4.45. The van der Waals surface area contributed by atoms with E-state index in [2.05, 4.69) is 27.4 Å². The first kappa shape index (κ1) is 10.5. The highest BCUT2D eigenvalue weighted by atomic mass is 32.2. The lowest BCUT2D eigenvalue weighted by atomic mass is 10.2. The maximum atomic E-state index is 4.45. The molecular formula is C9H15N5S. The molecule has 0 aromatic carbocycles. The zero-order chi connectivity index (χ0) is 10.7. The summed E-state index contributed by atoms with van der Waals surface area (Å²) in [5.41, 5.74) is 0. The van der Waals surface area contributed by atoms with E-state index in [9.17, 15) is 0 Å². The second kappa shape index (κ2) is 4.65. The number of nitrogens with zero attached hydrogens (tertiary/aromatic N) is 4. The zero-order valence-corrected chi connectivity index (χ0v) is 9.79. The Morgan fingerprint density at radius 2 is 2.53 bits per heavy atom. The molecule has 1 atom stereocenters. The van der Waals surface area contributed by atoms with Gasteiger partial charge in [0.25, 0.3) is 0 Å². The van der Waals surface area contributed by atoms with Crippen LogP contribution in [0.1, 0.15) is 12.7 Å². The fourth-order valence-corrected chi connectivity index (χ4v) is 2.17. The number of aromatic nitrogens is 3. The van der Waals surface area contributed by atoms with Crippen molar-refractivity contribution in [3.8, 4) is 0 Å². The van der Waals surface area contributed by atoms with Gasteiger partial charge in [-0.25, -0.2) is 0 Å². The van der Waals surface area contributed by atoms with Crippen molar-refractivity contribution < 1.29 is 0 Å². The Kier molecular flexibility index (Phi) is 3.25. The van der Waals surface area contributed by atoms with Crippen LogP contribution in [0.2, 0.25) is 0 Å². The van der Waals surface area contributed by atoms with Crippen LogP contribution in [0.3, 0.4) is 0 Å². The van der Waals surface area contributed by atoms with Crippen molar-refractivity contribution in [3.63, 3.8) is 0 Å². The van der Waals surface area contributed by atoms with E-state index in [4.69, 9.17) is 0 Å². The molecular weight excluding hydrogens is 210 g/mol. The molecule has 0 saturated heterocycles. The van der Waals surface area contributed by atoms with Gasteiger partial charge in [0.15, 0.2) is 11.0 Å². The highest BCUT2D eigenvalue weighted by molar-refractivity contribution is 8.13. The third kappa shape index (κ3) is 2.71. The third-order valence-corrected chi connectivity index (χ3v) is 3.54. The van der Waals surface area contributed by atoms with Crippen molar-refractivity contribution in [1.29, 1.82) is 0 Å². The van der Waals surface area contributed by atoms with Gasteiger partial charge in [0.05, 0.1) is 6.54 Å². The number of thioether (sulfide) groups is 1. The predicted molar refractivity (Wildman–Crippen MR) is 61.8 cm³/mol. The highest BCUT2D eigenvalue weighted by Crippen LogP contribution is 2.15. The molecule has 0 fully saturated rings. The maximum Gasteiger partial charge on any atom is 0.156 e. The lowest BCUT2D eigenvalue weighted by Crippen LogP contribution is -2.26. The largest absolute Gasteiger partial charge is 0.358 e. The highest BCUT2D eigenvalue weighted by Gasteiger charge is 2.12. The van der Waals surface area contributed by atoms with Crippen LogP contribution in [0, 0.1) is 5.92 Å². The van der Waals surface area contributed by atoms with Crippen LogP contribution in [-0.2, 0) is 13.6 Å². The van der Waals surface area contributed by atoms with Gasteiger partial charge < -0.3 is 9.88 Å². The number of aryl methyl sites for hydroxylation is 1. The molecule has 1 aliphatic rings. The van der Waals surface area contributed by atoms with E-state index < -0.39 is 0 Å². The fourth-order valence-electron chi connectivity index (χ4n) is 1.29. The lowest BCUT2D eigenvalue weighted by molar-refractivity contribution is 0.666. The Morgan fingerprint density at radius 3 is 3.13 bits per heavy atom. The second-order valence-corrected chi connectivity index (χ2v) is 4.78. The van der Waals surface area contributed by atoms with Gasteiger partial charge in [-0.15, -0.1) is 10.2 Å². The third-order valence-electron chi connectivity index (χ3n) is 2.25. The van der Waals surface area contributed by atoms with Crippen LogP contribution in [-0.4, -0.2) is 32.2 Å². The van der Waals surface area contributed by atoms with Crippen LogP contribution < -0.4 is 5.32 Å². The Labute approximate surface area is 93.4 Å². The minimum Gasteiger partial charge on any atom is -0.358 e. The Hall–Kier alpha value is -1.04. The average molecular weight is 225 g/mol. The van der Waals surface area contributed by atoms with Gasteiger partial charge in [-0.05, 0) is 5.92 Å². The van der Waals surface area contributed by atoms with Crippen molar-refractivity contribution >= 4 is 16.9 Å². The zero-order valence-electron chi connectivity index (χ0n) is 8.97. The molecule has 2 heterocycles. The minimum absolute atomic E-state index is 0.690. The van der Waals surface area contributed by atoms with Crippen molar-refractivity contribution in [2.45, 2.75) is 13.5 Å². The Morgan fingerprint density at radius 1 is 1.67 bits per heavy atom. The molecule has 1 aromatic heterocycles. The van der Waals surface area contributed by atoms with E-state index in [1.807, 2.05) is 11.6 Å². The quantitative estimate of drug-likeness (QED) is 0.802. The minimum atomic E-state index is 0.690. The summed E-state index contributed by atoms with van der Waals surface area (Å²) >= 11 is 1.78. The van der Waals surface area contributed by atoms with Gasteiger partial charge in [0, 0.05) is 19.3 Å². The van der Waals surface area contributed by atoms with E-state index in [1.54, 1.807) is 18.1 Å². The van der Waals surface area contributed by atoms with E-state index in [0.717, 1.165) is 23.3 Å². The molecule has 5 nitrogen and oxygen atoms in total. The van der Waals surface area contributed by atoms with E-state index >= 15 is 0 Å². The summed E-state index contributed by atoms with van der Waals surface area (Å²) in [6, 6.07) is 0. The van der Waals surface area contributed by atoms with Crippen molar-refractivity contribution in [3.05, 3.63) is 12.2 Å². The molecule has 0 amide bonds. The van der Waals surface area contributed by atoms with Gasteiger partial charge in [0.1, 0.15) is 6.33 Å². The molecule has 0 aliphatic carbocycles. The molecule has 1 unspecified atom stereocenters. The summed E-state index contributed by atoms with van der Waals surface area (Å²) in [6.07, 6.45) is 1.70. The van der Waals surface area contributed by atoms with Crippen molar-refractivity contribution in [1.82, 2.24) is 20.1 Å². The van der Waals surface area contributed by atoms with Crippen LogP contribution in [0.15, 0.2) is 11.3 Å². The molecule has 0 radical (unpaired) electrons. The first-order valence-electron chi connectivity index (χ1n) is 4.99. The van der Waals surface area contributed by atoms with Gasteiger partial charge in [-0.2, -0.15) is 0 Å². The number of hydrogen-bond donors (Lipinski definition) is 1. The molecule has 6 heteroatoms. The SMILES string of the molecule is CC1CN=C(NCc2nncn2C)SC1. The molecule has 82 valence electrons. The smallest absolute Gasteiger partial charge is 0.156 e. The van der Waals surface area contributed by atoms with E-state index in [0.29, 0.717) is 12.5 Å².